The van der Waals surface area contributed by atoms with E-state index in [1.807, 2.05) is 123 Å². The van der Waals surface area contributed by atoms with E-state index >= 15 is 0 Å². The minimum atomic E-state index is 0.375. The maximum absolute atomic E-state index is 5.55. The van der Waals surface area contributed by atoms with Gasteiger partial charge in [0.25, 0.3) is 0 Å². The van der Waals surface area contributed by atoms with Crippen molar-refractivity contribution < 1.29 is 9.47 Å². The molecule has 0 spiro atoms. The average molecular weight is 625 g/mol. The van der Waals surface area contributed by atoms with Gasteiger partial charge in [-0.2, -0.15) is 10.2 Å². The zero-order chi connectivity index (χ0) is 31.0. The molecule has 0 amide bonds. The van der Waals surface area contributed by atoms with E-state index in [1.54, 1.807) is 0 Å². The third-order valence-electron chi connectivity index (χ3n) is 6.23. The van der Waals surface area contributed by atoms with Gasteiger partial charge in [-0.15, -0.1) is 0 Å². The summed E-state index contributed by atoms with van der Waals surface area (Å²) in [6.45, 7) is 6.24. The molecular formula is C34H36N6O2S2. The van der Waals surface area contributed by atoms with Crippen LogP contribution in [0.5, 0.6) is 11.5 Å². The molecule has 0 saturated heterocycles. The van der Waals surface area contributed by atoms with Crippen LogP contribution < -0.4 is 31.0 Å². The van der Waals surface area contributed by atoms with Crippen molar-refractivity contribution in [3.05, 3.63) is 131 Å². The van der Waals surface area contributed by atoms with Gasteiger partial charge in [-0.05, 0) is 73.7 Å². The molecule has 0 radical (unpaired) electrons. The van der Waals surface area contributed by atoms with Crippen LogP contribution in [0.2, 0.25) is 0 Å². The van der Waals surface area contributed by atoms with Gasteiger partial charge in [-0.1, -0.05) is 84.9 Å². The van der Waals surface area contributed by atoms with Crippen LogP contribution in [-0.4, -0.2) is 34.9 Å². The zero-order valence-electron chi connectivity index (χ0n) is 24.7. The largest absolute Gasteiger partial charge is 0.494 e. The molecule has 0 aliphatic carbocycles. The molecule has 226 valence electrons. The number of rotatable bonds is 13. The number of benzene rings is 4. The van der Waals surface area contributed by atoms with Gasteiger partial charge >= 0.3 is 0 Å². The maximum Gasteiger partial charge on any atom is 0.187 e. The highest BCUT2D eigenvalue weighted by atomic mass is 32.1. The van der Waals surface area contributed by atoms with Gasteiger partial charge in [0.1, 0.15) is 22.9 Å². The van der Waals surface area contributed by atoms with Crippen LogP contribution in [0, 0.1) is 0 Å². The second-order valence-electron chi connectivity index (χ2n) is 9.40. The van der Waals surface area contributed by atoms with Crippen LogP contribution in [0.4, 0.5) is 0 Å². The van der Waals surface area contributed by atoms with Gasteiger partial charge in [-0.3, -0.25) is 10.9 Å². The van der Waals surface area contributed by atoms with E-state index in [0.717, 1.165) is 33.8 Å². The van der Waals surface area contributed by atoms with Crippen LogP contribution in [0.15, 0.2) is 119 Å². The molecule has 10 heteroatoms. The van der Waals surface area contributed by atoms with E-state index in [4.69, 9.17) is 44.1 Å². The summed E-state index contributed by atoms with van der Waals surface area (Å²) in [5, 5.41) is 16.6. The summed E-state index contributed by atoms with van der Waals surface area (Å²) in [6, 6.07) is 35.3. The second kappa shape index (κ2) is 17.3. The highest BCUT2D eigenvalue weighted by Gasteiger charge is 2.16. The highest BCUT2D eigenvalue weighted by Crippen LogP contribution is 2.13. The minimum Gasteiger partial charge on any atom is -0.494 e. The van der Waals surface area contributed by atoms with Gasteiger partial charge in [0, 0.05) is 24.2 Å². The van der Waals surface area contributed by atoms with E-state index in [0.29, 0.717) is 48.0 Å². The minimum absolute atomic E-state index is 0.375. The first kappa shape index (κ1) is 32.1. The van der Waals surface area contributed by atoms with Crippen LogP contribution in [0.25, 0.3) is 0 Å². The van der Waals surface area contributed by atoms with Crippen molar-refractivity contribution in [1.29, 1.82) is 0 Å². The second-order valence-corrected chi connectivity index (χ2v) is 10.2. The number of nitrogens with one attached hydrogen (secondary N) is 4. The average Bonchev–Trinajstić information content (AvgIpc) is 3.06. The van der Waals surface area contributed by atoms with Crippen molar-refractivity contribution in [1.82, 2.24) is 21.5 Å². The van der Waals surface area contributed by atoms with E-state index in [9.17, 15) is 0 Å². The van der Waals surface area contributed by atoms with Gasteiger partial charge in [0.05, 0.1) is 13.2 Å². The Hall–Kier alpha value is -4.80. The van der Waals surface area contributed by atoms with Crippen LogP contribution in [0.3, 0.4) is 0 Å². The van der Waals surface area contributed by atoms with Crippen molar-refractivity contribution >= 4 is 46.1 Å². The molecule has 0 bridgehead atoms. The van der Waals surface area contributed by atoms with Crippen LogP contribution in [-0.2, 0) is 13.1 Å². The standard InChI is InChI=1S/C34H36N6O2S2/c1-3-41-29-19-15-25(16-20-29)23-35-33(43)39-37-31(27-11-7-5-8-12-27)32(28-13-9-6-10-14-28)38-40-34(44)36-24-26-17-21-30(22-18-26)42-4-2/h5-22H,3-4,23-24H2,1-2H3,(H2,35,39,43)(H2,36,40,44)/b37-31+,38-32?. The summed E-state index contributed by atoms with van der Waals surface area (Å²) in [5.74, 6) is 1.67. The fourth-order valence-corrected chi connectivity index (χ4v) is 4.33. The smallest absolute Gasteiger partial charge is 0.187 e. The molecular weight excluding hydrogens is 589 g/mol. The van der Waals surface area contributed by atoms with E-state index in [-0.39, 0.29) is 0 Å². The Balaban J connectivity index is 1.49. The molecule has 4 aromatic carbocycles. The lowest BCUT2D eigenvalue weighted by atomic mass is 10.00. The SMILES string of the molecule is CCOc1ccc(CNC(=S)NN=C(/C(=N/NC(=S)NCc2ccc(OCC)cc2)c2ccccc2)c2ccccc2)cc1. The molecule has 0 fully saturated rings. The third kappa shape index (κ3) is 10.2. The predicted molar refractivity (Wildman–Crippen MR) is 186 cm³/mol. The summed E-state index contributed by atoms with van der Waals surface area (Å²) < 4.78 is 11.0. The molecule has 8 nitrogen and oxygen atoms in total. The molecule has 0 aromatic heterocycles. The Morgan fingerprint density at radius 3 is 1.25 bits per heavy atom. The lowest BCUT2D eigenvalue weighted by Crippen LogP contribution is -2.35. The third-order valence-corrected chi connectivity index (χ3v) is 6.70. The number of hydrogen-bond acceptors (Lipinski definition) is 6. The van der Waals surface area contributed by atoms with Crippen LogP contribution in [0.1, 0.15) is 36.1 Å². The first-order valence-electron chi connectivity index (χ1n) is 14.3. The van der Waals surface area contributed by atoms with Gasteiger partial charge in [-0.25, -0.2) is 0 Å². The number of nitrogens with zero attached hydrogens (tertiary/aromatic N) is 2. The fourth-order valence-electron chi connectivity index (χ4n) is 4.10. The van der Waals surface area contributed by atoms with E-state index in [1.165, 1.54) is 0 Å². The molecule has 0 heterocycles. The van der Waals surface area contributed by atoms with Crippen molar-refractivity contribution in [3.63, 3.8) is 0 Å². The summed E-state index contributed by atoms with van der Waals surface area (Å²) in [6.07, 6.45) is 0. The normalized spacial score (nSPS) is 11.3. The lowest BCUT2D eigenvalue weighted by molar-refractivity contribution is 0.340. The molecule has 0 saturated carbocycles. The molecule has 0 atom stereocenters. The quantitative estimate of drug-likeness (QED) is 0.0828. The van der Waals surface area contributed by atoms with Crippen molar-refractivity contribution in [2.75, 3.05) is 13.2 Å². The van der Waals surface area contributed by atoms with Crippen molar-refractivity contribution in [3.8, 4) is 11.5 Å². The molecule has 0 aliphatic rings. The first-order valence-corrected chi connectivity index (χ1v) is 15.1. The topological polar surface area (TPSA) is 91.3 Å². The highest BCUT2D eigenvalue weighted by molar-refractivity contribution is 7.80. The summed E-state index contributed by atoms with van der Waals surface area (Å²) in [7, 11) is 0. The molecule has 0 unspecified atom stereocenters. The molecule has 4 aromatic rings. The van der Waals surface area contributed by atoms with Gasteiger partial charge < -0.3 is 20.1 Å². The summed E-state index contributed by atoms with van der Waals surface area (Å²) in [4.78, 5) is 0. The van der Waals surface area contributed by atoms with Crippen molar-refractivity contribution in [2.24, 2.45) is 10.2 Å². The molecule has 4 rings (SSSR count). The maximum atomic E-state index is 5.55. The summed E-state index contributed by atoms with van der Waals surface area (Å²) >= 11 is 11.1. The Morgan fingerprint density at radius 1 is 0.545 bits per heavy atom. The fraction of sp³-hybridized carbons (Fsp3) is 0.176. The van der Waals surface area contributed by atoms with Crippen molar-refractivity contribution in [2.45, 2.75) is 26.9 Å². The Bertz CT molecular complexity index is 1430. The Kier molecular flexibility index (Phi) is 12.7. The zero-order valence-corrected chi connectivity index (χ0v) is 26.4. The van der Waals surface area contributed by atoms with E-state index in [2.05, 4.69) is 21.5 Å². The van der Waals surface area contributed by atoms with Gasteiger partial charge in [0.2, 0.25) is 0 Å². The number of hydrazone groups is 2. The van der Waals surface area contributed by atoms with Gasteiger partial charge in [0.15, 0.2) is 10.2 Å². The molecule has 4 N–H and O–H groups in total. The Labute approximate surface area is 269 Å². The lowest BCUT2D eigenvalue weighted by Gasteiger charge is -2.14. The first-order chi connectivity index (χ1) is 21.6. The molecule has 0 aliphatic heterocycles. The molecule has 44 heavy (non-hydrogen) atoms. The number of hydrogen-bond donors (Lipinski definition) is 4. The van der Waals surface area contributed by atoms with Crippen LogP contribution >= 0.6 is 24.4 Å². The number of thiocarbonyl (C=S) groups is 2. The Morgan fingerprint density at radius 2 is 0.909 bits per heavy atom. The van der Waals surface area contributed by atoms with E-state index < -0.39 is 0 Å². The summed E-state index contributed by atoms with van der Waals surface area (Å²) in [5.41, 5.74) is 11.0. The monoisotopic (exact) mass is 624 g/mol. The number of ether oxygens (including phenoxy) is 2. The predicted octanol–water partition coefficient (Wildman–Crippen LogP) is 5.92.